The molecule has 1 heterocycles. The SMILES string of the molecule is CCCNCC(C)(CC)CN1CCCC2CCCCC21. The van der Waals surface area contributed by atoms with Crippen molar-refractivity contribution in [1.82, 2.24) is 10.2 Å². The lowest BCUT2D eigenvalue weighted by molar-refractivity contribution is 0.0266. The molecular weight excluding hydrogens is 244 g/mol. The van der Waals surface area contributed by atoms with Crippen LogP contribution < -0.4 is 5.32 Å². The first kappa shape index (κ1) is 16.3. The molecule has 1 saturated carbocycles. The summed E-state index contributed by atoms with van der Waals surface area (Å²) < 4.78 is 0. The van der Waals surface area contributed by atoms with Crippen molar-refractivity contribution in [2.75, 3.05) is 26.2 Å². The third-order valence-corrected chi connectivity index (χ3v) is 5.78. The molecule has 118 valence electrons. The van der Waals surface area contributed by atoms with Gasteiger partial charge in [0.1, 0.15) is 0 Å². The highest BCUT2D eigenvalue weighted by atomic mass is 15.2. The smallest absolute Gasteiger partial charge is 0.0124 e. The van der Waals surface area contributed by atoms with Crippen molar-refractivity contribution in [2.24, 2.45) is 11.3 Å². The van der Waals surface area contributed by atoms with Gasteiger partial charge in [-0.05, 0) is 62.9 Å². The second-order valence-corrected chi connectivity index (χ2v) is 7.57. The van der Waals surface area contributed by atoms with Gasteiger partial charge >= 0.3 is 0 Å². The molecule has 0 bridgehead atoms. The number of hydrogen-bond acceptors (Lipinski definition) is 2. The molecule has 0 spiro atoms. The minimum absolute atomic E-state index is 0.453. The molecule has 20 heavy (non-hydrogen) atoms. The largest absolute Gasteiger partial charge is 0.316 e. The van der Waals surface area contributed by atoms with E-state index in [1.54, 1.807) is 0 Å². The average molecular weight is 280 g/mol. The van der Waals surface area contributed by atoms with Crippen molar-refractivity contribution in [3.8, 4) is 0 Å². The van der Waals surface area contributed by atoms with Gasteiger partial charge in [-0.1, -0.05) is 33.6 Å². The Kier molecular flexibility index (Phi) is 6.35. The maximum Gasteiger partial charge on any atom is 0.0124 e. The molecule has 2 aliphatic rings. The maximum absolute atomic E-state index is 3.66. The number of rotatable bonds is 7. The van der Waals surface area contributed by atoms with E-state index in [-0.39, 0.29) is 0 Å². The number of likely N-dealkylation sites (tertiary alicyclic amines) is 1. The molecule has 3 unspecified atom stereocenters. The Morgan fingerprint density at radius 3 is 2.60 bits per heavy atom. The summed E-state index contributed by atoms with van der Waals surface area (Å²) in [6.07, 6.45) is 11.4. The zero-order chi connectivity index (χ0) is 14.4. The van der Waals surface area contributed by atoms with E-state index < -0.39 is 0 Å². The van der Waals surface area contributed by atoms with Gasteiger partial charge in [0, 0.05) is 19.1 Å². The highest BCUT2D eigenvalue weighted by Crippen LogP contribution is 2.37. The highest BCUT2D eigenvalue weighted by Gasteiger charge is 2.36. The number of nitrogens with one attached hydrogen (secondary N) is 1. The number of hydrogen-bond donors (Lipinski definition) is 1. The van der Waals surface area contributed by atoms with Gasteiger partial charge in [-0.15, -0.1) is 0 Å². The van der Waals surface area contributed by atoms with Gasteiger partial charge < -0.3 is 5.32 Å². The molecular formula is C18H36N2. The van der Waals surface area contributed by atoms with E-state index in [1.165, 1.54) is 77.5 Å². The van der Waals surface area contributed by atoms with E-state index in [2.05, 4.69) is 31.0 Å². The Labute approximate surface area is 126 Å². The Hall–Kier alpha value is -0.0800. The van der Waals surface area contributed by atoms with E-state index in [0.29, 0.717) is 5.41 Å². The van der Waals surface area contributed by atoms with E-state index in [1.807, 2.05) is 0 Å². The molecule has 2 fully saturated rings. The Balaban J connectivity index is 1.91. The van der Waals surface area contributed by atoms with E-state index >= 15 is 0 Å². The molecule has 1 N–H and O–H groups in total. The van der Waals surface area contributed by atoms with Crippen molar-refractivity contribution in [3.63, 3.8) is 0 Å². The monoisotopic (exact) mass is 280 g/mol. The Morgan fingerprint density at radius 1 is 1.10 bits per heavy atom. The zero-order valence-corrected chi connectivity index (χ0v) is 14.1. The minimum atomic E-state index is 0.453. The third-order valence-electron chi connectivity index (χ3n) is 5.78. The normalized spacial score (nSPS) is 30.8. The fraction of sp³-hybridized carbons (Fsp3) is 1.00. The van der Waals surface area contributed by atoms with Gasteiger partial charge in [-0.2, -0.15) is 0 Å². The molecule has 0 aromatic carbocycles. The second kappa shape index (κ2) is 7.79. The summed E-state index contributed by atoms with van der Waals surface area (Å²) in [6, 6.07) is 0.912. The van der Waals surface area contributed by atoms with E-state index in [4.69, 9.17) is 0 Å². The van der Waals surface area contributed by atoms with Crippen LogP contribution in [0, 0.1) is 11.3 Å². The van der Waals surface area contributed by atoms with Crippen LogP contribution in [0.25, 0.3) is 0 Å². The van der Waals surface area contributed by atoms with Crippen LogP contribution in [0.3, 0.4) is 0 Å². The lowest BCUT2D eigenvalue weighted by Crippen LogP contribution is -2.52. The lowest BCUT2D eigenvalue weighted by atomic mass is 9.76. The first-order valence-corrected chi connectivity index (χ1v) is 9.13. The van der Waals surface area contributed by atoms with Crippen LogP contribution in [0.1, 0.15) is 72.1 Å². The van der Waals surface area contributed by atoms with Crippen LogP contribution in [0.2, 0.25) is 0 Å². The van der Waals surface area contributed by atoms with Gasteiger partial charge in [0.05, 0.1) is 0 Å². The molecule has 2 rings (SSSR count). The zero-order valence-electron chi connectivity index (χ0n) is 14.1. The first-order chi connectivity index (χ1) is 9.68. The van der Waals surface area contributed by atoms with Gasteiger partial charge in [0.2, 0.25) is 0 Å². The van der Waals surface area contributed by atoms with Gasteiger partial charge in [0.25, 0.3) is 0 Å². The van der Waals surface area contributed by atoms with Crippen molar-refractivity contribution in [2.45, 2.75) is 78.2 Å². The number of fused-ring (bicyclic) bond motifs is 1. The fourth-order valence-electron chi connectivity index (χ4n) is 4.27. The van der Waals surface area contributed by atoms with Crippen LogP contribution >= 0.6 is 0 Å². The summed E-state index contributed by atoms with van der Waals surface area (Å²) in [5.41, 5.74) is 0.453. The minimum Gasteiger partial charge on any atom is -0.316 e. The first-order valence-electron chi connectivity index (χ1n) is 9.13. The van der Waals surface area contributed by atoms with Crippen LogP contribution in [0.5, 0.6) is 0 Å². The molecule has 0 radical (unpaired) electrons. The fourth-order valence-corrected chi connectivity index (χ4v) is 4.27. The van der Waals surface area contributed by atoms with Crippen LogP contribution in [-0.4, -0.2) is 37.1 Å². The molecule has 0 amide bonds. The topological polar surface area (TPSA) is 15.3 Å². The van der Waals surface area contributed by atoms with Crippen LogP contribution in [0.15, 0.2) is 0 Å². The number of piperidine rings is 1. The van der Waals surface area contributed by atoms with Crippen LogP contribution in [0.4, 0.5) is 0 Å². The van der Waals surface area contributed by atoms with E-state index in [0.717, 1.165) is 12.0 Å². The Bertz CT molecular complexity index is 277. The summed E-state index contributed by atoms with van der Waals surface area (Å²) in [5.74, 6) is 1.02. The van der Waals surface area contributed by atoms with Crippen molar-refractivity contribution >= 4 is 0 Å². The van der Waals surface area contributed by atoms with Crippen molar-refractivity contribution in [3.05, 3.63) is 0 Å². The quantitative estimate of drug-likeness (QED) is 0.708. The summed E-state index contributed by atoms with van der Waals surface area (Å²) in [7, 11) is 0. The van der Waals surface area contributed by atoms with Gasteiger partial charge in [-0.3, -0.25) is 4.90 Å². The molecule has 0 aromatic rings. The molecule has 1 aliphatic heterocycles. The lowest BCUT2D eigenvalue weighted by Gasteiger charge is -2.47. The third kappa shape index (κ3) is 4.21. The van der Waals surface area contributed by atoms with Crippen molar-refractivity contribution in [1.29, 1.82) is 0 Å². The van der Waals surface area contributed by atoms with Crippen molar-refractivity contribution < 1.29 is 0 Å². The maximum atomic E-state index is 3.66. The van der Waals surface area contributed by atoms with Gasteiger partial charge in [-0.25, -0.2) is 0 Å². The average Bonchev–Trinajstić information content (AvgIpc) is 2.48. The predicted molar refractivity (Wildman–Crippen MR) is 88.1 cm³/mol. The van der Waals surface area contributed by atoms with E-state index in [9.17, 15) is 0 Å². The standard InChI is InChI=1S/C18H36N2/c1-4-12-19-14-18(3,5-2)15-20-13-8-10-16-9-6-7-11-17(16)20/h16-17,19H,4-15H2,1-3H3. The summed E-state index contributed by atoms with van der Waals surface area (Å²) in [6.45, 7) is 12.1. The van der Waals surface area contributed by atoms with Crippen LogP contribution in [-0.2, 0) is 0 Å². The summed E-state index contributed by atoms with van der Waals surface area (Å²) in [4.78, 5) is 2.87. The molecule has 0 aromatic heterocycles. The predicted octanol–water partition coefficient (Wildman–Crippen LogP) is 4.06. The molecule has 2 heteroatoms. The Morgan fingerprint density at radius 2 is 1.85 bits per heavy atom. The molecule has 3 atom stereocenters. The van der Waals surface area contributed by atoms with Gasteiger partial charge in [0.15, 0.2) is 0 Å². The second-order valence-electron chi connectivity index (χ2n) is 7.57. The molecule has 1 saturated heterocycles. The molecule has 1 aliphatic carbocycles. The number of nitrogens with zero attached hydrogens (tertiary/aromatic N) is 1. The molecule has 2 nitrogen and oxygen atoms in total. The highest BCUT2D eigenvalue weighted by molar-refractivity contribution is 4.90. The summed E-state index contributed by atoms with van der Waals surface area (Å²) >= 11 is 0. The summed E-state index contributed by atoms with van der Waals surface area (Å²) in [5, 5.41) is 3.66.